The van der Waals surface area contributed by atoms with Crippen LogP contribution in [-0.2, 0) is 11.2 Å². The molecule has 9 nitrogen and oxygen atoms in total. The number of ether oxygens (including phenoxy) is 1. The molecule has 1 aliphatic rings. The predicted octanol–water partition coefficient (Wildman–Crippen LogP) is 2.47. The second-order valence-corrected chi connectivity index (χ2v) is 7.15. The molecule has 10 heteroatoms. The fraction of sp³-hybridized carbons (Fsp3) is 0.286. The lowest BCUT2D eigenvalue weighted by Crippen LogP contribution is -2.29. The second-order valence-electron chi connectivity index (χ2n) is 7.15. The maximum atomic E-state index is 13.9. The summed E-state index contributed by atoms with van der Waals surface area (Å²) in [6.07, 6.45) is 2.12. The van der Waals surface area contributed by atoms with Crippen molar-refractivity contribution in [1.82, 2.24) is 19.9 Å². The van der Waals surface area contributed by atoms with Crippen molar-refractivity contribution >= 4 is 23.5 Å². The van der Waals surface area contributed by atoms with Gasteiger partial charge in [0.1, 0.15) is 5.69 Å². The highest BCUT2D eigenvalue weighted by Gasteiger charge is 2.29. The van der Waals surface area contributed by atoms with Crippen molar-refractivity contribution in [2.24, 2.45) is 0 Å². The van der Waals surface area contributed by atoms with Gasteiger partial charge >= 0.3 is 11.9 Å². The number of nitrogens with zero attached hydrogens (tertiary/aromatic N) is 3. The van der Waals surface area contributed by atoms with E-state index in [-0.39, 0.29) is 24.0 Å². The summed E-state index contributed by atoms with van der Waals surface area (Å²) in [5, 5.41) is 15.9. The smallest absolute Gasteiger partial charge is 0.354 e. The third kappa shape index (κ3) is 3.49. The summed E-state index contributed by atoms with van der Waals surface area (Å²) >= 11 is 0. The molecule has 31 heavy (non-hydrogen) atoms. The van der Waals surface area contributed by atoms with E-state index < -0.39 is 29.4 Å². The van der Waals surface area contributed by atoms with E-state index in [9.17, 15) is 23.9 Å². The number of aromatic nitrogens is 3. The van der Waals surface area contributed by atoms with Crippen LogP contribution in [0, 0.1) is 12.7 Å². The molecule has 2 heterocycles. The first-order valence-corrected chi connectivity index (χ1v) is 9.69. The molecule has 2 aromatic heterocycles. The molecule has 1 aromatic carbocycles. The number of benzene rings is 1. The van der Waals surface area contributed by atoms with Crippen LogP contribution in [0.5, 0.6) is 0 Å². The van der Waals surface area contributed by atoms with E-state index in [4.69, 9.17) is 4.74 Å². The van der Waals surface area contributed by atoms with Gasteiger partial charge in [-0.1, -0.05) is 6.07 Å². The normalized spacial score (nSPS) is 15.0. The van der Waals surface area contributed by atoms with E-state index in [1.165, 1.54) is 0 Å². The van der Waals surface area contributed by atoms with Crippen LogP contribution in [0.15, 0.2) is 24.4 Å². The topological polar surface area (TPSA) is 123 Å². The van der Waals surface area contributed by atoms with Gasteiger partial charge in [0.2, 0.25) is 0 Å². The number of hydrogen-bond donors (Lipinski definition) is 2. The number of aromatic carboxylic acids is 1. The first-order valence-electron chi connectivity index (χ1n) is 9.69. The predicted molar refractivity (Wildman–Crippen MR) is 106 cm³/mol. The Morgan fingerprint density at radius 3 is 2.84 bits per heavy atom. The van der Waals surface area contributed by atoms with Crippen molar-refractivity contribution in [1.29, 1.82) is 0 Å². The molecule has 1 amide bonds. The number of amides is 1. The highest BCUT2D eigenvalue weighted by Crippen LogP contribution is 2.35. The van der Waals surface area contributed by atoms with E-state index in [0.717, 1.165) is 33.5 Å². The van der Waals surface area contributed by atoms with Crippen molar-refractivity contribution in [3.05, 3.63) is 63.9 Å². The molecule has 1 aliphatic carbocycles. The molecule has 0 bridgehead atoms. The number of carboxylic acid groups (broad SMARTS) is 1. The number of halogens is 1. The monoisotopic (exact) mass is 426 g/mol. The lowest BCUT2D eigenvalue weighted by molar-refractivity contribution is 0.0524. The number of hydrogen-bond acceptors (Lipinski definition) is 6. The zero-order chi connectivity index (χ0) is 22.3. The molecule has 0 spiro atoms. The van der Waals surface area contributed by atoms with Gasteiger partial charge in [-0.15, -0.1) is 0 Å². The van der Waals surface area contributed by atoms with Crippen molar-refractivity contribution in [2.45, 2.75) is 32.7 Å². The van der Waals surface area contributed by atoms with Gasteiger partial charge in [-0.05, 0) is 49.4 Å². The minimum absolute atomic E-state index is 0.139. The van der Waals surface area contributed by atoms with Crippen LogP contribution in [-0.4, -0.2) is 44.2 Å². The Hall–Kier alpha value is -3.82. The molecule has 2 N–H and O–H groups in total. The summed E-state index contributed by atoms with van der Waals surface area (Å²) in [6.45, 7) is 3.86. The van der Waals surface area contributed by atoms with Crippen molar-refractivity contribution in [3.63, 3.8) is 0 Å². The number of carbonyl (C=O) groups excluding carboxylic acids is 2. The Kier molecular flexibility index (Phi) is 5.14. The van der Waals surface area contributed by atoms with Crippen molar-refractivity contribution in [2.75, 3.05) is 6.61 Å². The van der Waals surface area contributed by atoms with Crippen LogP contribution in [0.3, 0.4) is 0 Å². The fourth-order valence-electron chi connectivity index (χ4n) is 3.90. The van der Waals surface area contributed by atoms with Crippen molar-refractivity contribution < 1.29 is 28.6 Å². The van der Waals surface area contributed by atoms with Gasteiger partial charge < -0.3 is 15.2 Å². The van der Waals surface area contributed by atoms with Gasteiger partial charge in [0, 0.05) is 6.07 Å². The lowest BCUT2D eigenvalue weighted by atomic mass is 9.98. The minimum atomic E-state index is -1.38. The Morgan fingerprint density at radius 1 is 1.35 bits per heavy atom. The summed E-state index contributed by atoms with van der Waals surface area (Å²) in [4.78, 5) is 40.1. The van der Waals surface area contributed by atoms with Gasteiger partial charge in [0.25, 0.3) is 5.91 Å². The molecular formula is C21H19FN4O5. The average molecular weight is 426 g/mol. The number of carbonyl (C=O) groups is 3. The Morgan fingerprint density at radius 2 is 2.13 bits per heavy atom. The minimum Gasteiger partial charge on any atom is -0.477 e. The van der Waals surface area contributed by atoms with Crippen LogP contribution in [0.25, 0.3) is 5.65 Å². The molecule has 0 saturated heterocycles. The van der Waals surface area contributed by atoms with Crippen LogP contribution in [0.1, 0.15) is 67.4 Å². The van der Waals surface area contributed by atoms with Crippen LogP contribution in [0.4, 0.5) is 4.39 Å². The number of carboxylic acids is 1. The standard InChI is InChI=1S/C21H19FN4O5/c1-3-31-21(30)12-4-5-13-11(10(12)2)6-7-15(13)25-19(27)17-8-16(20(28)29)24-18-14(22)9-23-26(17)18/h4-5,8-9,15H,3,6-7H2,1-2H3,(H,25,27)(H,28,29)/t15-/m0/s1. The third-order valence-corrected chi connectivity index (χ3v) is 5.37. The number of fused-ring (bicyclic) bond motifs is 2. The summed E-state index contributed by atoms with van der Waals surface area (Å²) in [7, 11) is 0. The quantitative estimate of drug-likeness (QED) is 0.601. The first-order chi connectivity index (χ1) is 14.8. The Bertz CT molecular complexity index is 1240. The molecule has 1 atom stereocenters. The molecule has 4 rings (SSSR count). The van der Waals surface area contributed by atoms with Gasteiger partial charge in [-0.2, -0.15) is 5.10 Å². The highest BCUT2D eigenvalue weighted by atomic mass is 19.1. The summed E-state index contributed by atoms with van der Waals surface area (Å²) in [5.41, 5.74) is 2.19. The van der Waals surface area contributed by atoms with Crippen LogP contribution < -0.4 is 5.32 Å². The summed E-state index contributed by atoms with van der Waals surface area (Å²) in [6, 6.07) is 4.16. The molecule has 3 aromatic rings. The largest absolute Gasteiger partial charge is 0.477 e. The Balaban J connectivity index is 1.65. The van der Waals surface area contributed by atoms with E-state index in [1.54, 1.807) is 19.1 Å². The van der Waals surface area contributed by atoms with Gasteiger partial charge in [0.15, 0.2) is 17.2 Å². The fourth-order valence-corrected chi connectivity index (χ4v) is 3.90. The van der Waals surface area contributed by atoms with E-state index in [1.807, 2.05) is 6.92 Å². The summed E-state index contributed by atoms with van der Waals surface area (Å²) < 4.78 is 20.0. The SMILES string of the molecule is CCOC(=O)c1ccc2c(c1C)CC[C@@H]2NC(=O)c1cc(C(=O)O)nc2c(F)cnn12. The average Bonchev–Trinajstić information content (AvgIpc) is 3.32. The second kappa shape index (κ2) is 7.78. The maximum absolute atomic E-state index is 13.9. The third-order valence-electron chi connectivity index (χ3n) is 5.37. The number of nitrogens with one attached hydrogen (secondary N) is 1. The van der Waals surface area contributed by atoms with E-state index in [2.05, 4.69) is 15.4 Å². The molecule has 0 fully saturated rings. The molecule has 160 valence electrons. The highest BCUT2D eigenvalue weighted by molar-refractivity contribution is 5.96. The molecule has 0 radical (unpaired) electrons. The Labute approximate surface area is 175 Å². The first kappa shape index (κ1) is 20.5. The van der Waals surface area contributed by atoms with Gasteiger partial charge in [0.05, 0.1) is 24.4 Å². The molecule has 0 saturated carbocycles. The van der Waals surface area contributed by atoms with Gasteiger partial charge in [-0.25, -0.2) is 23.5 Å². The van der Waals surface area contributed by atoms with E-state index >= 15 is 0 Å². The van der Waals surface area contributed by atoms with Crippen LogP contribution in [0.2, 0.25) is 0 Å². The molecular weight excluding hydrogens is 407 g/mol. The number of esters is 1. The molecule has 0 unspecified atom stereocenters. The zero-order valence-electron chi connectivity index (χ0n) is 16.8. The zero-order valence-corrected chi connectivity index (χ0v) is 16.8. The number of rotatable bonds is 5. The maximum Gasteiger partial charge on any atom is 0.354 e. The molecule has 0 aliphatic heterocycles. The van der Waals surface area contributed by atoms with Crippen LogP contribution >= 0.6 is 0 Å². The summed E-state index contributed by atoms with van der Waals surface area (Å²) in [5.74, 6) is -3.21. The van der Waals surface area contributed by atoms with E-state index in [0.29, 0.717) is 18.4 Å². The van der Waals surface area contributed by atoms with Gasteiger partial charge in [-0.3, -0.25) is 4.79 Å². The van der Waals surface area contributed by atoms with Crippen molar-refractivity contribution in [3.8, 4) is 0 Å². The lowest BCUT2D eigenvalue weighted by Gasteiger charge is -2.16.